The van der Waals surface area contributed by atoms with Crippen LogP contribution in [0.3, 0.4) is 0 Å². The highest BCUT2D eigenvalue weighted by molar-refractivity contribution is 5.05. The van der Waals surface area contributed by atoms with Crippen LogP contribution in [0.5, 0.6) is 0 Å². The van der Waals surface area contributed by atoms with E-state index in [0.29, 0.717) is 0 Å². The summed E-state index contributed by atoms with van der Waals surface area (Å²) in [5.74, 6) is 2.89. The summed E-state index contributed by atoms with van der Waals surface area (Å²) in [6, 6.07) is 2.91. The molecule has 0 N–H and O–H groups in total. The molecule has 1 aromatic heterocycles. The zero-order valence-electron chi connectivity index (χ0n) is 13.8. The van der Waals surface area contributed by atoms with Crippen molar-refractivity contribution in [3.05, 3.63) is 17.5 Å². The molecule has 0 amide bonds. The standard InChI is InChI=1S/C18H29N3O/c1-2-16-8-18(22-19-16)13-20-9-15-6-7-17(12-20)21(11-15)10-14-4-3-5-14/h8,14-15,17H,2-7,9-13H2,1H3/t15-,17+/m1/s1. The molecule has 2 atom stereocenters. The molecule has 4 heteroatoms. The van der Waals surface area contributed by atoms with E-state index >= 15 is 0 Å². The van der Waals surface area contributed by atoms with Crippen LogP contribution in [-0.2, 0) is 13.0 Å². The third kappa shape index (κ3) is 3.09. The number of fused-ring (bicyclic) bond motifs is 4. The molecule has 0 radical (unpaired) electrons. The Morgan fingerprint density at radius 3 is 2.82 bits per heavy atom. The SMILES string of the molecule is CCc1cc(CN2C[C@H]3CC[C@@H](C2)N(CC2CCC2)C3)on1. The van der Waals surface area contributed by atoms with E-state index in [1.54, 1.807) is 0 Å². The minimum atomic E-state index is 0.771. The number of piperidine rings is 1. The van der Waals surface area contributed by atoms with Crippen molar-refractivity contribution in [3.8, 4) is 0 Å². The molecular weight excluding hydrogens is 274 g/mol. The van der Waals surface area contributed by atoms with Crippen LogP contribution in [0.25, 0.3) is 0 Å². The Labute approximate surface area is 133 Å². The largest absolute Gasteiger partial charge is 0.360 e. The second kappa shape index (κ2) is 6.32. The number of hydrogen-bond donors (Lipinski definition) is 0. The molecule has 22 heavy (non-hydrogen) atoms. The fourth-order valence-electron chi connectivity index (χ4n) is 4.45. The van der Waals surface area contributed by atoms with Crippen molar-refractivity contribution in [2.24, 2.45) is 11.8 Å². The molecule has 5 rings (SSSR count). The first-order chi connectivity index (χ1) is 10.8. The molecule has 4 fully saturated rings. The van der Waals surface area contributed by atoms with Crippen LogP contribution < -0.4 is 0 Å². The summed E-state index contributed by atoms with van der Waals surface area (Å²) in [7, 11) is 0. The van der Waals surface area contributed by atoms with Crippen LogP contribution in [-0.4, -0.2) is 47.2 Å². The van der Waals surface area contributed by atoms with E-state index in [1.807, 2.05) is 0 Å². The predicted octanol–water partition coefficient (Wildman–Crippen LogP) is 2.93. The molecule has 4 heterocycles. The Hall–Kier alpha value is -0.870. The Balaban J connectivity index is 1.38. The maximum Gasteiger partial charge on any atom is 0.150 e. The lowest BCUT2D eigenvalue weighted by atomic mass is 9.83. The number of aryl methyl sites for hydroxylation is 1. The first-order valence-electron chi connectivity index (χ1n) is 9.21. The van der Waals surface area contributed by atoms with Crippen molar-refractivity contribution in [3.63, 3.8) is 0 Å². The third-order valence-electron chi connectivity index (χ3n) is 5.97. The second-order valence-electron chi connectivity index (χ2n) is 7.68. The summed E-state index contributed by atoms with van der Waals surface area (Å²) in [4.78, 5) is 5.43. The summed E-state index contributed by atoms with van der Waals surface area (Å²) in [5.41, 5.74) is 1.08. The van der Waals surface area contributed by atoms with E-state index in [-0.39, 0.29) is 0 Å². The molecule has 0 spiro atoms. The molecule has 0 unspecified atom stereocenters. The van der Waals surface area contributed by atoms with Crippen LogP contribution in [0, 0.1) is 11.8 Å². The van der Waals surface area contributed by atoms with Crippen LogP contribution in [0.15, 0.2) is 10.6 Å². The first-order valence-corrected chi connectivity index (χ1v) is 9.21. The summed E-state index contributed by atoms with van der Waals surface area (Å²) in [6.45, 7) is 8.21. The molecule has 0 aromatic carbocycles. The van der Waals surface area contributed by atoms with E-state index in [4.69, 9.17) is 4.52 Å². The average Bonchev–Trinajstić information content (AvgIpc) is 2.75. The molecule has 3 aliphatic heterocycles. The topological polar surface area (TPSA) is 32.5 Å². The zero-order valence-corrected chi connectivity index (χ0v) is 13.8. The van der Waals surface area contributed by atoms with Crippen molar-refractivity contribution >= 4 is 0 Å². The van der Waals surface area contributed by atoms with Gasteiger partial charge in [0.1, 0.15) is 0 Å². The monoisotopic (exact) mass is 303 g/mol. The van der Waals surface area contributed by atoms with E-state index < -0.39 is 0 Å². The van der Waals surface area contributed by atoms with Crippen molar-refractivity contribution in [2.45, 2.75) is 58.0 Å². The first kappa shape index (κ1) is 14.7. The van der Waals surface area contributed by atoms with E-state index in [2.05, 4.69) is 27.9 Å². The van der Waals surface area contributed by atoms with Gasteiger partial charge < -0.3 is 4.52 Å². The van der Waals surface area contributed by atoms with Crippen LogP contribution in [0.1, 0.15) is 50.5 Å². The van der Waals surface area contributed by atoms with Gasteiger partial charge in [-0.2, -0.15) is 0 Å². The highest BCUT2D eigenvalue weighted by Crippen LogP contribution is 2.33. The van der Waals surface area contributed by atoms with Crippen LogP contribution >= 0.6 is 0 Å². The molecule has 2 bridgehead atoms. The number of hydrogen-bond acceptors (Lipinski definition) is 4. The van der Waals surface area contributed by atoms with E-state index in [9.17, 15) is 0 Å². The van der Waals surface area contributed by atoms with Crippen molar-refractivity contribution < 1.29 is 4.52 Å². The average molecular weight is 303 g/mol. The molecule has 3 saturated heterocycles. The van der Waals surface area contributed by atoms with Crippen molar-refractivity contribution in [1.82, 2.24) is 15.0 Å². The minimum absolute atomic E-state index is 0.771. The Bertz CT molecular complexity index is 496. The van der Waals surface area contributed by atoms with Gasteiger partial charge in [-0.25, -0.2) is 0 Å². The molecule has 1 saturated carbocycles. The number of rotatable bonds is 5. The van der Waals surface area contributed by atoms with Gasteiger partial charge in [-0.1, -0.05) is 18.5 Å². The Kier molecular flexibility index (Phi) is 4.23. The predicted molar refractivity (Wildman–Crippen MR) is 86.6 cm³/mol. The summed E-state index contributed by atoms with van der Waals surface area (Å²) < 4.78 is 5.50. The van der Waals surface area contributed by atoms with Gasteiger partial charge in [-0.05, 0) is 43.9 Å². The van der Waals surface area contributed by atoms with Crippen molar-refractivity contribution in [2.75, 3.05) is 26.2 Å². The Morgan fingerprint density at radius 2 is 2.09 bits per heavy atom. The minimum Gasteiger partial charge on any atom is -0.360 e. The second-order valence-corrected chi connectivity index (χ2v) is 7.68. The lowest BCUT2D eigenvalue weighted by Gasteiger charge is -2.40. The quantitative estimate of drug-likeness (QED) is 0.837. The van der Waals surface area contributed by atoms with E-state index in [1.165, 1.54) is 58.3 Å². The normalized spacial score (nSPS) is 30.4. The molecule has 1 aliphatic carbocycles. The van der Waals surface area contributed by atoms with Gasteiger partial charge >= 0.3 is 0 Å². The third-order valence-corrected chi connectivity index (χ3v) is 5.97. The van der Waals surface area contributed by atoms with Gasteiger partial charge in [-0.3, -0.25) is 9.80 Å². The number of aromatic nitrogens is 1. The van der Waals surface area contributed by atoms with Gasteiger partial charge in [0, 0.05) is 38.3 Å². The lowest BCUT2D eigenvalue weighted by Crippen LogP contribution is -2.46. The summed E-state index contributed by atoms with van der Waals surface area (Å²) >= 11 is 0. The summed E-state index contributed by atoms with van der Waals surface area (Å²) in [6.07, 6.45) is 8.17. The molecule has 4 nitrogen and oxygen atoms in total. The fraction of sp³-hybridized carbons (Fsp3) is 0.833. The molecule has 1 aromatic rings. The molecular formula is C18H29N3O. The van der Waals surface area contributed by atoms with Crippen LogP contribution in [0.2, 0.25) is 0 Å². The number of nitrogens with zero attached hydrogens (tertiary/aromatic N) is 3. The Morgan fingerprint density at radius 1 is 1.18 bits per heavy atom. The van der Waals surface area contributed by atoms with E-state index in [0.717, 1.165) is 42.3 Å². The molecule has 4 aliphatic rings. The van der Waals surface area contributed by atoms with Crippen molar-refractivity contribution in [1.29, 1.82) is 0 Å². The highest BCUT2D eigenvalue weighted by Gasteiger charge is 2.36. The lowest BCUT2D eigenvalue weighted by molar-refractivity contribution is 0.0888. The van der Waals surface area contributed by atoms with Gasteiger partial charge in [0.05, 0.1) is 12.2 Å². The van der Waals surface area contributed by atoms with Gasteiger partial charge in [0.2, 0.25) is 0 Å². The van der Waals surface area contributed by atoms with Gasteiger partial charge in [-0.15, -0.1) is 0 Å². The van der Waals surface area contributed by atoms with Crippen LogP contribution in [0.4, 0.5) is 0 Å². The smallest absolute Gasteiger partial charge is 0.150 e. The van der Waals surface area contributed by atoms with Gasteiger partial charge in [0.15, 0.2) is 5.76 Å². The molecule has 122 valence electrons. The maximum absolute atomic E-state index is 5.50. The fourth-order valence-corrected chi connectivity index (χ4v) is 4.45. The maximum atomic E-state index is 5.50. The highest BCUT2D eigenvalue weighted by atomic mass is 16.5. The summed E-state index contributed by atoms with van der Waals surface area (Å²) in [5, 5.41) is 4.14. The van der Waals surface area contributed by atoms with Gasteiger partial charge in [0.25, 0.3) is 0 Å². The zero-order chi connectivity index (χ0) is 14.9.